The van der Waals surface area contributed by atoms with E-state index in [0.29, 0.717) is 6.54 Å². The van der Waals surface area contributed by atoms with Crippen LogP contribution in [0.5, 0.6) is 0 Å². The first-order chi connectivity index (χ1) is 9.19. The van der Waals surface area contributed by atoms with Gasteiger partial charge >= 0.3 is 0 Å². The number of hydrogen-bond donors (Lipinski definition) is 1. The highest BCUT2D eigenvalue weighted by molar-refractivity contribution is 5.48. The average molecular weight is 256 g/mol. The maximum Gasteiger partial charge on any atom is 0.269 e. The highest BCUT2D eigenvalue weighted by Gasteiger charge is 2.03. The predicted octanol–water partition coefficient (Wildman–Crippen LogP) is 3.77. The Morgan fingerprint density at radius 1 is 1.00 bits per heavy atom. The summed E-state index contributed by atoms with van der Waals surface area (Å²) < 4.78 is 0. The summed E-state index contributed by atoms with van der Waals surface area (Å²) in [6.07, 6.45) is 1.04. The molecule has 0 spiro atoms. The standard InChI is InChI=1S/C15H16N2O2/c1-2-12-3-5-13(6-4-12)11-16-14-7-9-15(10-8-14)17(18)19/h3-10,16H,2,11H2,1H3. The minimum absolute atomic E-state index is 0.109. The molecule has 19 heavy (non-hydrogen) atoms. The maximum atomic E-state index is 10.5. The van der Waals surface area contributed by atoms with Gasteiger partial charge in [0, 0.05) is 24.4 Å². The van der Waals surface area contributed by atoms with Crippen LogP contribution in [0, 0.1) is 10.1 Å². The highest BCUT2D eigenvalue weighted by Crippen LogP contribution is 2.16. The zero-order valence-electron chi connectivity index (χ0n) is 10.8. The number of rotatable bonds is 5. The normalized spacial score (nSPS) is 10.2. The first-order valence-electron chi connectivity index (χ1n) is 6.25. The van der Waals surface area contributed by atoms with Crippen molar-refractivity contribution in [2.75, 3.05) is 5.32 Å². The van der Waals surface area contributed by atoms with Gasteiger partial charge < -0.3 is 5.32 Å². The summed E-state index contributed by atoms with van der Waals surface area (Å²) in [6.45, 7) is 2.84. The van der Waals surface area contributed by atoms with Crippen molar-refractivity contribution < 1.29 is 4.92 Å². The van der Waals surface area contributed by atoms with Gasteiger partial charge in [-0.15, -0.1) is 0 Å². The molecule has 0 heterocycles. The molecule has 1 N–H and O–H groups in total. The van der Waals surface area contributed by atoms with E-state index in [1.54, 1.807) is 12.1 Å². The van der Waals surface area contributed by atoms with Crippen LogP contribution in [0.25, 0.3) is 0 Å². The molecule has 0 unspecified atom stereocenters. The van der Waals surface area contributed by atoms with Crippen molar-refractivity contribution in [1.29, 1.82) is 0 Å². The molecule has 2 aromatic rings. The van der Waals surface area contributed by atoms with Crippen molar-refractivity contribution in [1.82, 2.24) is 0 Å². The van der Waals surface area contributed by atoms with E-state index in [1.165, 1.54) is 23.3 Å². The second-order valence-corrected chi connectivity index (χ2v) is 4.33. The molecule has 0 aliphatic carbocycles. The second kappa shape index (κ2) is 6.00. The van der Waals surface area contributed by atoms with Crippen LogP contribution in [0.15, 0.2) is 48.5 Å². The third-order valence-corrected chi connectivity index (χ3v) is 3.01. The lowest BCUT2D eigenvalue weighted by Gasteiger charge is -2.07. The second-order valence-electron chi connectivity index (χ2n) is 4.33. The Hall–Kier alpha value is -2.36. The van der Waals surface area contributed by atoms with Crippen LogP contribution in [0.2, 0.25) is 0 Å². The third kappa shape index (κ3) is 3.55. The summed E-state index contributed by atoms with van der Waals surface area (Å²) in [5, 5.41) is 13.8. The monoisotopic (exact) mass is 256 g/mol. The van der Waals surface area contributed by atoms with E-state index in [-0.39, 0.29) is 5.69 Å². The number of hydrogen-bond acceptors (Lipinski definition) is 3. The van der Waals surface area contributed by atoms with Crippen LogP contribution < -0.4 is 5.32 Å². The number of non-ortho nitro benzene ring substituents is 1. The molecular formula is C15H16N2O2. The van der Waals surface area contributed by atoms with E-state index in [4.69, 9.17) is 0 Å². The Labute approximate surface area is 112 Å². The molecule has 0 saturated heterocycles. The summed E-state index contributed by atoms with van der Waals surface area (Å²) in [6, 6.07) is 14.9. The van der Waals surface area contributed by atoms with Crippen LogP contribution >= 0.6 is 0 Å². The summed E-state index contributed by atoms with van der Waals surface area (Å²) >= 11 is 0. The minimum Gasteiger partial charge on any atom is -0.381 e. The molecule has 0 aliphatic rings. The fourth-order valence-electron chi connectivity index (χ4n) is 1.80. The molecule has 0 bridgehead atoms. The number of benzene rings is 2. The largest absolute Gasteiger partial charge is 0.381 e. The molecule has 0 saturated carbocycles. The van der Waals surface area contributed by atoms with Crippen LogP contribution in [-0.4, -0.2) is 4.92 Å². The molecule has 4 heteroatoms. The van der Waals surface area contributed by atoms with Gasteiger partial charge in [-0.3, -0.25) is 10.1 Å². The number of anilines is 1. The molecule has 0 atom stereocenters. The average Bonchev–Trinajstić information content (AvgIpc) is 2.46. The van der Waals surface area contributed by atoms with E-state index in [0.717, 1.165) is 12.1 Å². The Morgan fingerprint density at radius 2 is 1.58 bits per heavy atom. The van der Waals surface area contributed by atoms with Gasteiger partial charge in [-0.2, -0.15) is 0 Å². The first kappa shape index (κ1) is 13.1. The smallest absolute Gasteiger partial charge is 0.269 e. The van der Waals surface area contributed by atoms with Gasteiger partial charge in [-0.25, -0.2) is 0 Å². The van der Waals surface area contributed by atoms with Crippen LogP contribution in [0.3, 0.4) is 0 Å². The van der Waals surface area contributed by atoms with E-state index in [9.17, 15) is 10.1 Å². The van der Waals surface area contributed by atoms with Gasteiger partial charge in [0.25, 0.3) is 5.69 Å². The molecule has 4 nitrogen and oxygen atoms in total. The van der Waals surface area contributed by atoms with Crippen molar-refractivity contribution in [2.45, 2.75) is 19.9 Å². The Bertz CT molecular complexity index is 547. The SMILES string of the molecule is CCc1ccc(CNc2ccc([N+](=O)[O-])cc2)cc1. The zero-order chi connectivity index (χ0) is 13.7. The van der Waals surface area contributed by atoms with Gasteiger partial charge in [0.1, 0.15) is 0 Å². The van der Waals surface area contributed by atoms with Gasteiger partial charge in [0.2, 0.25) is 0 Å². The van der Waals surface area contributed by atoms with Gasteiger partial charge in [0.15, 0.2) is 0 Å². The molecule has 0 radical (unpaired) electrons. The molecule has 0 aromatic heterocycles. The van der Waals surface area contributed by atoms with E-state index < -0.39 is 4.92 Å². The summed E-state index contributed by atoms with van der Waals surface area (Å²) in [7, 11) is 0. The van der Waals surface area contributed by atoms with Crippen LogP contribution in [0.4, 0.5) is 11.4 Å². The Kier molecular flexibility index (Phi) is 4.13. The lowest BCUT2D eigenvalue weighted by atomic mass is 10.1. The van der Waals surface area contributed by atoms with E-state index in [2.05, 4.69) is 36.5 Å². The van der Waals surface area contributed by atoms with Crippen molar-refractivity contribution in [3.8, 4) is 0 Å². The van der Waals surface area contributed by atoms with Crippen molar-refractivity contribution in [3.63, 3.8) is 0 Å². The molecule has 2 rings (SSSR count). The molecule has 2 aromatic carbocycles. The van der Waals surface area contributed by atoms with Crippen molar-refractivity contribution in [2.24, 2.45) is 0 Å². The van der Waals surface area contributed by atoms with Crippen LogP contribution in [0.1, 0.15) is 18.1 Å². The predicted molar refractivity (Wildman–Crippen MR) is 76.2 cm³/mol. The van der Waals surface area contributed by atoms with Crippen LogP contribution in [-0.2, 0) is 13.0 Å². The molecular weight excluding hydrogens is 240 g/mol. The summed E-state index contributed by atoms with van der Waals surface area (Å²) in [5.41, 5.74) is 3.50. The van der Waals surface area contributed by atoms with Gasteiger partial charge in [-0.05, 0) is 29.7 Å². The number of nitrogens with one attached hydrogen (secondary N) is 1. The lowest BCUT2D eigenvalue weighted by Crippen LogP contribution is -1.99. The summed E-state index contributed by atoms with van der Waals surface area (Å²) in [5.74, 6) is 0. The number of nitro groups is 1. The number of nitro benzene ring substituents is 1. The Morgan fingerprint density at radius 3 is 2.11 bits per heavy atom. The number of aryl methyl sites for hydroxylation is 1. The molecule has 98 valence electrons. The third-order valence-electron chi connectivity index (χ3n) is 3.01. The minimum atomic E-state index is -0.396. The summed E-state index contributed by atoms with van der Waals surface area (Å²) in [4.78, 5) is 10.1. The first-order valence-corrected chi connectivity index (χ1v) is 6.25. The molecule has 0 amide bonds. The zero-order valence-corrected chi connectivity index (χ0v) is 10.8. The topological polar surface area (TPSA) is 55.2 Å². The fourth-order valence-corrected chi connectivity index (χ4v) is 1.80. The molecule has 0 aliphatic heterocycles. The van der Waals surface area contributed by atoms with E-state index in [1.807, 2.05) is 0 Å². The van der Waals surface area contributed by atoms with E-state index >= 15 is 0 Å². The fraction of sp³-hybridized carbons (Fsp3) is 0.200. The molecule has 0 fully saturated rings. The number of nitrogens with zero attached hydrogens (tertiary/aromatic N) is 1. The van der Waals surface area contributed by atoms with Crippen molar-refractivity contribution >= 4 is 11.4 Å². The van der Waals surface area contributed by atoms with Crippen molar-refractivity contribution in [3.05, 3.63) is 69.8 Å². The maximum absolute atomic E-state index is 10.5. The Balaban J connectivity index is 1.95. The van der Waals surface area contributed by atoms with Gasteiger partial charge in [-0.1, -0.05) is 31.2 Å². The highest BCUT2D eigenvalue weighted by atomic mass is 16.6. The quantitative estimate of drug-likeness (QED) is 0.654. The lowest BCUT2D eigenvalue weighted by molar-refractivity contribution is -0.384. The van der Waals surface area contributed by atoms with Gasteiger partial charge in [0.05, 0.1) is 4.92 Å².